The van der Waals surface area contributed by atoms with E-state index in [1.807, 2.05) is 18.2 Å². The zero-order valence-electron chi connectivity index (χ0n) is 19.3. The second-order valence-electron chi connectivity index (χ2n) is 8.15. The molecule has 35 heavy (non-hydrogen) atoms. The Labute approximate surface area is 216 Å². The lowest BCUT2D eigenvalue weighted by molar-refractivity contribution is -0.143. The van der Waals surface area contributed by atoms with Crippen molar-refractivity contribution in [1.82, 2.24) is 8.87 Å². The number of hydrogen-bond donors (Lipinski definition) is 0. The van der Waals surface area contributed by atoms with Gasteiger partial charge in [-0.05, 0) is 62.2 Å². The molecule has 0 unspecified atom stereocenters. The van der Waals surface area contributed by atoms with Crippen LogP contribution in [-0.2, 0) is 26.1 Å². The van der Waals surface area contributed by atoms with Crippen LogP contribution in [0.4, 0.5) is 0 Å². The van der Waals surface area contributed by atoms with Crippen LogP contribution in [0.15, 0.2) is 56.8 Å². The predicted octanol–water partition coefficient (Wildman–Crippen LogP) is 4.33. The Morgan fingerprint density at radius 2 is 1.74 bits per heavy atom. The van der Waals surface area contributed by atoms with Gasteiger partial charge in [-0.1, -0.05) is 40.1 Å². The van der Waals surface area contributed by atoms with Crippen LogP contribution >= 0.6 is 27.3 Å². The Morgan fingerprint density at radius 3 is 2.40 bits per heavy atom. The molecule has 186 valence electrons. The molecule has 0 N–H and O–H groups in total. The molecule has 1 fully saturated rings. The number of carbonyl (C=O) groups is 2. The van der Waals surface area contributed by atoms with E-state index in [0.717, 1.165) is 40.4 Å². The summed E-state index contributed by atoms with van der Waals surface area (Å²) in [6, 6.07) is 11.5. The number of thiazole rings is 1. The number of nitrogens with zero attached hydrogens (tertiary/aromatic N) is 3. The highest BCUT2D eigenvalue weighted by Gasteiger charge is 2.25. The van der Waals surface area contributed by atoms with E-state index < -0.39 is 21.9 Å². The summed E-state index contributed by atoms with van der Waals surface area (Å²) in [6.07, 6.45) is 3.77. The molecule has 1 amide bonds. The molecule has 0 spiro atoms. The minimum Gasteiger partial charge on any atom is -0.465 e. The standard InChI is InChI=1S/C24H26BrN3O5S2/c1-2-33-22(29)16-28-20-12-9-18(25)15-21(20)34-24(28)26-23(30)17-7-10-19(11-8-17)35(31,32)27-13-5-3-4-6-14-27/h7-12,15H,2-6,13-14,16H2,1H3. The SMILES string of the molecule is CCOC(=O)Cn1c(=NC(=O)c2ccc(S(=O)(=O)N3CCCCCC3)cc2)sc2cc(Br)ccc21. The van der Waals surface area contributed by atoms with E-state index in [2.05, 4.69) is 20.9 Å². The molecular weight excluding hydrogens is 554 g/mol. The van der Waals surface area contributed by atoms with Gasteiger partial charge in [-0.3, -0.25) is 9.59 Å². The third-order valence-electron chi connectivity index (χ3n) is 5.74. The first-order valence-electron chi connectivity index (χ1n) is 11.4. The highest BCUT2D eigenvalue weighted by atomic mass is 79.9. The van der Waals surface area contributed by atoms with Gasteiger partial charge in [0, 0.05) is 23.1 Å². The highest BCUT2D eigenvalue weighted by molar-refractivity contribution is 9.10. The van der Waals surface area contributed by atoms with Crippen LogP contribution in [0.2, 0.25) is 0 Å². The summed E-state index contributed by atoms with van der Waals surface area (Å²) in [5.41, 5.74) is 1.03. The van der Waals surface area contributed by atoms with E-state index in [4.69, 9.17) is 4.74 Å². The number of benzene rings is 2. The Bertz CT molecular complexity index is 1400. The summed E-state index contributed by atoms with van der Waals surface area (Å²) < 4.78 is 36.0. The van der Waals surface area contributed by atoms with Gasteiger partial charge in [-0.2, -0.15) is 9.30 Å². The van der Waals surface area contributed by atoms with E-state index in [1.54, 1.807) is 11.5 Å². The lowest BCUT2D eigenvalue weighted by Gasteiger charge is -2.19. The summed E-state index contributed by atoms with van der Waals surface area (Å²) >= 11 is 4.73. The zero-order valence-corrected chi connectivity index (χ0v) is 22.5. The van der Waals surface area contributed by atoms with Gasteiger partial charge in [0.2, 0.25) is 10.0 Å². The molecule has 2 aromatic carbocycles. The molecule has 0 aliphatic carbocycles. The number of aromatic nitrogens is 1. The van der Waals surface area contributed by atoms with Crippen molar-refractivity contribution in [2.24, 2.45) is 4.99 Å². The van der Waals surface area contributed by atoms with Gasteiger partial charge in [0.1, 0.15) is 6.54 Å². The van der Waals surface area contributed by atoms with Crippen molar-refractivity contribution < 1.29 is 22.7 Å². The minimum atomic E-state index is -3.60. The Hall–Kier alpha value is -2.34. The van der Waals surface area contributed by atoms with Crippen molar-refractivity contribution in [2.75, 3.05) is 19.7 Å². The topological polar surface area (TPSA) is 98.0 Å². The van der Waals surface area contributed by atoms with Crippen LogP contribution < -0.4 is 4.80 Å². The molecule has 0 bridgehead atoms. The van der Waals surface area contributed by atoms with Gasteiger partial charge in [0.05, 0.1) is 21.7 Å². The van der Waals surface area contributed by atoms with Crippen molar-refractivity contribution in [3.8, 4) is 0 Å². The fourth-order valence-corrected chi connectivity index (χ4v) is 7.07. The largest absolute Gasteiger partial charge is 0.465 e. The van der Waals surface area contributed by atoms with Crippen LogP contribution in [0.1, 0.15) is 43.0 Å². The van der Waals surface area contributed by atoms with Gasteiger partial charge in [0.25, 0.3) is 5.91 Å². The lowest BCUT2D eigenvalue weighted by atomic mass is 10.2. The van der Waals surface area contributed by atoms with Crippen LogP contribution in [0.5, 0.6) is 0 Å². The smallest absolute Gasteiger partial charge is 0.326 e. The molecule has 11 heteroatoms. The maximum atomic E-state index is 13.0. The molecular formula is C24H26BrN3O5S2. The fourth-order valence-electron chi connectivity index (χ4n) is 3.97. The molecule has 1 aliphatic rings. The third-order valence-corrected chi connectivity index (χ3v) is 9.19. The Balaban J connectivity index is 1.64. The van der Waals surface area contributed by atoms with Crippen LogP contribution in [0, 0.1) is 0 Å². The normalized spacial score (nSPS) is 15.8. The summed E-state index contributed by atoms with van der Waals surface area (Å²) in [6.45, 7) is 2.94. The lowest BCUT2D eigenvalue weighted by Crippen LogP contribution is -2.31. The molecule has 1 aromatic heterocycles. The van der Waals surface area contributed by atoms with E-state index >= 15 is 0 Å². The van der Waals surface area contributed by atoms with Crippen LogP contribution in [-0.4, -0.2) is 48.9 Å². The average molecular weight is 581 g/mol. The van der Waals surface area contributed by atoms with Gasteiger partial charge >= 0.3 is 5.97 Å². The first kappa shape index (κ1) is 25.7. The fraction of sp³-hybridized carbons (Fsp3) is 0.375. The molecule has 1 saturated heterocycles. The second kappa shape index (κ2) is 11.2. The molecule has 3 aromatic rings. The number of rotatable bonds is 6. The predicted molar refractivity (Wildman–Crippen MR) is 138 cm³/mol. The second-order valence-corrected chi connectivity index (χ2v) is 12.0. The molecule has 0 saturated carbocycles. The van der Waals surface area contributed by atoms with Gasteiger partial charge in [-0.25, -0.2) is 8.42 Å². The number of fused-ring (bicyclic) bond motifs is 1. The summed E-state index contributed by atoms with van der Waals surface area (Å²) in [7, 11) is -3.60. The molecule has 1 aliphatic heterocycles. The quantitative estimate of drug-likeness (QED) is 0.405. The maximum absolute atomic E-state index is 13.0. The zero-order chi connectivity index (χ0) is 25.0. The monoisotopic (exact) mass is 579 g/mol. The van der Waals surface area contributed by atoms with Crippen molar-refractivity contribution in [3.05, 3.63) is 57.3 Å². The number of halogens is 1. The molecule has 0 radical (unpaired) electrons. The minimum absolute atomic E-state index is 0.0748. The van der Waals surface area contributed by atoms with Crippen molar-refractivity contribution in [2.45, 2.75) is 44.0 Å². The van der Waals surface area contributed by atoms with Gasteiger partial charge in [0.15, 0.2) is 4.80 Å². The van der Waals surface area contributed by atoms with Gasteiger partial charge in [-0.15, -0.1) is 0 Å². The molecule has 4 rings (SSSR count). The van der Waals surface area contributed by atoms with Gasteiger partial charge < -0.3 is 9.30 Å². The summed E-state index contributed by atoms with van der Waals surface area (Å²) in [4.78, 5) is 29.9. The summed E-state index contributed by atoms with van der Waals surface area (Å²) in [5, 5.41) is 0. The number of sulfonamides is 1. The third kappa shape index (κ3) is 5.91. The van der Waals surface area contributed by atoms with Crippen LogP contribution in [0.25, 0.3) is 10.2 Å². The van der Waals surface area contributed by atoms with Crippen molar-refractivity contribution in [1.29, 1.82) is 0 Å². The number of esters is 1. The number of carbonyl (C=O) groups excluding carboxylic acids is 2. The van der Waals surface area contributed by atoms with E-state index in [1.165, 1.54) is 39.9 Å². The van der Waals surface area contributed by atoms with E-state index in [-0.39, 0.29) is 23.6 Å². The maximum Gasteiger partial charge on any atom is 0.326 e. The molecule has 2 heterocycles. The van der Waals surface area contributed by atoms with E-state index in [0.29, 0.717) is 17.9 Å². The first-order valence-corrected chi connectivity index (χ1v) is 14.5. The number of ether oxygens (including phenoxy) is 1. The average Bonchev–Trinajstić information content (AvgIpc) is 3.00. The Kier molecular flexibility index (Phi) is 8.20. The van der Waals surface area contributed by atoms with Crippen molar-refractivity contribution in [3.63, 3.8) is 0 Å². The Morgan fingerprint density at radius 1 is 1.06 bits per heavy atom. The molecule has 8 nitrogen and oxygen atoms in total. The van der Waals surface area contributed by atoms with Crippen LogP contribution in [0.3, 0.4) is 0 Å². The number of amides is 1. The van der Waals surface area contributed by atoms with E-state index in [9.17, 15) is 18.0 Å². The van der Waals surface area contributed by atoms with Crippen molar-refractivity contribution >= 4 is 59.4 Å². The first-order chi connectivity index (χ1) is 16.8. The summed E-state index contributed by atoms with van der Waals surface area (Å²) in [5.74, 6) is -0.945. The number of hydrogen-bond acceptors (Lipinski definition) is 6. The molecule has 0 atom stereocenters. The highest BCUT2D eigenvalue weighted by Crippen LogP contribution is 2.23.